The molecule has 20 valence electrons. The molecule has 0 spiro atoms. The molecule has 0 aliphatic rings. The van der Waals surface area contributed by atoms with E-state index < -0.39 is 0 Å². The molecule has 4 radical (unpaired) electrons. The van der Waals surface area contributed by atoms with E-state index in [1.165, 1.54) is 0 Å². The average Bonchev–Trinajstić information content (AvgIpc) is 0. The second kappa shape index (κ2) is 16.6. The van der Waals surface area contributed by atoms with Crippen LogP contribution in [-0.4, -0.2) is 60.8 Å². The summed E-state index contributed by atoms with van der Waals surface area (Å²) in [5.41, 5.74) is 0. The molecule has 4 heavy (non-hydrogen) atoms. The van der Waals surface area contributed by atoms with Crippen molar-refractivity contribution in [1.82, 2.24) is 0 Å². The molecule has 0 aliphatic heterocycles. The molecule has 0 rings (SSSR count). The Kier molecular flexibility index (Phi) is 115. The molecule has 0 fully saturated rings. The zero-order valence-electron chi connectivity index (χ0n) is 2.12. The van der Waals surface area contributed by atoms with E-state index in [2.05, 4.69) is 0 Å². The van der Waals surface area contributed by atoms with Gasteiger partial charge in [0.15, 0.2) is 0 Å². The van der Waals surface area contributed by atoms with Crippen molar-refractivity contribution in [3.63, 3.8) is 0 Å². The van der Waals surface area contributed by atoms with Gasteiger partial charge in [-0.15, -0.1) is 0 Å². The number of hydrogen-bond donors (Lipinski definition) is 0. The summed E-state index contributed by atoms with van der Waals surface area (Å²) in [6.45, 7) is 0. The second-order valence-electron chi connectivity index (χ2n) is 0. The average molecular weight is 176 g/mol. The van der Waals surface area contributed by atoms with Gasteiger partial charge in [0.2, 0.25) is 0 Å². The van der Waals surface area contributed by atoms with Crippen molar-refractivity contribution in [1.29, 1.82) is 0 Å². The summed E-state index contributed by atoms with van der Waals surface area (Å²) in [6.07, 6.45) is 0. The molecule has 0 atom stereocenters. The van der Waals surface area contributed by atoms with E-state index in [-0.39, 0.29) is 94.9 Å². The van der Waals surface area contributed by atoms with Crippen molar-refractivity contribution in [3.05, 3.63) is 0 Å². The van der Waals surface area contributed by atoms with Gasteiger partial charge >= 0.3 is 0 Å². The van der Waals surface area contributed by atoms with Gasteiger partial charge in [0, 0.05) is 94.9 Å². The molecule has 0 nitrogen and oxygen atoms in total. The number of rotatable bonds is 0. The summed E-state index contributed by atoms with van der Waals surface area (Å²) in [4.78, 5) is 0. The van der Waals surface area contributed by atoms with Crippen LogP contribution in [0.4, 0.5) is 0 Å². The predicted octanol–water partition coefficient (Wildman–Crippen LogP) is -0.767. The Morgan fingerprint density at radius 3 is 0.750 bits per heavy atom. The zero-order valence-corrected chi connectivity index (χ0v) is 7.95. The van der Waals surface area contributed by atoms with Gasteiger partial charge in [-0.1, -0.05) is 0 Å². The van der Waals surface area contributed by atoms with E-state index in [1.54, 1.807) is 0 Å². The van der Waals surface area contributed by atoms with Crippen LogP contribution in [0.1, 0.15) is 0 Å². The van der Waals surface area contributed by atoms with Crippen LogP contribution < -0.4 is 0 Å². The summed E-state index contributed by atoms with van der Waals surface area (Å²) in [5.74, 6) is 0. The third-order valence-electron chi connectivity index (χ3n) is 0. The smallest absolute Gasteiger partial charge is 0 e. The zero-order chi connectivity index (χ0) is 0. The van der Waals surface area contributed by atoms with Crippen LogP contribution in [-0.2, 0) is 34.1 Å². The molecule has 0 unspecified atom stereocenters. The quantitative estimate of drug-likeness (QED) is 0.425. The second-order valence-corrected chi connectivity index (χ2v) is 0. The van der Waals surface area contributed by atoms with Crippen molar-refractivity contribution >= 4 is 60.8 Å². The van der Waals surface area contributed by atoms with Gasteiger partial charge < -0.3 is 0 Å². The maximum absolute atomic E-state index is 0. The maximum Gasteiger partial charge on any atom is 0 e. The molecule has 0 N–H and O–H groups in total. The Hall–Kier alpha value is 3.06. The van der Waals surface area contributed by atoms with Gasteiger partial charge in [-0.25, -0.2) is 0 Å². The van der Waals surface area contributed by atoms with Crippen LogP contribution in [0, 0.1) is 0 Å². The molecule has 0 heterocycles. The van der Waals surface area contributed by atoms with Crippen LogP contribution in [0.15, 0.2) is 0 Å². The topological polar surface area (TPSA) is 0 Å². The Bertz CT molecular complexity index is 6.00. The van der Waals surface area contributed by atoms with E-state index in [1.807, 2.05) is 0 Å². The number of hydrogen-bond acceptors (Lipinski definition) is 0. The predicted molar refractivity (Wildman–Crippen MR) is 11.5 cm³/mol. The fourth-order valence-corrected chi connectivity index (χ4v) is 0. The minimum absolute atomic E-state index is 0. The van der Waals surface area contributed by atoms with Gasteiger partial charge in [-0.3, -0.25) is 0 Å². The summed E-state index contributed by atoms with van der Waals surface area (Å²) in [6, 6.07) is 0. The molecule has 4 heteroatoms. The van der Waals surface area contributed by atoms with Crippen molar-refractivity contribution in [2.24, 2.45) is 0 Å². The Labute approximate surface area is 92.9 Å². The normalized spacial score (nSPS) is 0. The van der Waals surface area contributed by atoms with Gasteiger partial charge in [0.05, 0.1) is 0 Å². The summed E-state index contributed by atoms with van der Waals surface area (Å²) in [7, 11) is 0. The first-order chi connectivity index (χ1) is 0. The monoisotopic (exact) mass is 176 g/mol. The van der Waals surface area contributed by atoms with Gasteiger partial charge in [-0.2, -0.15) is 0 Å². The first-order valence-corrected chi connectivity index (χ1v) is 0. The summed E-state index contributed by atoms with van der Waals surface area (Å²) >= 11 is 0. The maximum atomic E-state index is 0. The standard InChI is InChI=1S/Ca.2Fe.Mg. The Morgan fingerprint density at radius 1 is 0.750 bits per heavy atom. The molecule has 0 saturated heterocycles. The van der Waals surface area contributed by atoms with Crippen LogP contribution in [0.3, 0.4) is 0 Å². The minimum Gasteiger partial charge on any atom is 0 e. The molecule has 0 aromatic carbocycles. The van der Waals surface area contributed by atoms with Crippen LogP contribution in [0.25, 0.3) is 0 Å². The fraction of sp³-hybridized carbons (Fsp3) is 0. The molecular weight excluding hydrogens is 176 g/mol. The molecule has 0 saturated carbocycles. The fourth-order valence-electron chi connectivity index (χ4n) is 0. The van der Waals surface area contributed by atoms with Crippen molar-refractivity contribution in [2.75, 3.05) is 0 Å². The first-order valence-electron chi connectivity index (χ1n) is 0. The minimum atomic E-state index is 0. The van der Waals surface area contributed by atoms with Crippen LogP contribution in [0.2, 0.25) is 0 Å². The molecular formula is CaFe2Mg. The summed E-state index contributed by atoms with van der Waals surface area (Å²) in [5, 5.41) is 0. The van der Waals surface area contributed by atoms with E-state index >= 15 is 0 Å². The molecule has 0 aliphatic carbocycles. The van der Waals surface area contributed by atoms with Crippen molar-refractivity contribution in [3.8, 4) is 0 Å². The SMILES string of the molecule is [Ca].[Fe].[Fe].[Mg]. The van der Waals surface area contributed by atoms with E-state index in [0.29, 0.717) is 0 Å². The molecule has 0 amide bonds. The van der Waals surface area contributed by atoms with E-state index in [9.17, 15) is 0 Å². The van der Waals surface area contributed by atoms with Crippen molar-refractivity contribution < 1.29 is 34.1 Å². The Balaban J connectivity index is 0. The van der Waals surface area contributed by atoms with E-state index in [0.717, 1.165) is 0 Å². The Morgan fingerprint density at radius 2 is 0.750 bits per heavy atom. The molecule has 0 aromatic heterocycles. The van der Waals surface area contributed by atoms with Gasteiger partial charge in [-0.05, 0) is 0 Å². The van der Waals surface area contributed by atoms with Gasteiger partial charge in [0.25, 0.3) is 0 Å². The van der Waals surface area contributed by atoms with Gasteiger partial charge in [0.1, 0.15) is 0 Å². The largest absolute Gasteiger partial charge is 0 e. The van der Waals surface area contributed by atoms with E-state index in [4.69, 9.17) is 0 Å². The van der Waals surface area contributed by atoms with Crippen LogP contribution in [0.5, 0.6) is 0 Å². The summed E-state index contributed by atoms with van der Waals surface area (Å²) < 4.78 is 0. The van der Waals surface area contributed by atoms with Crippen molar-refractivity contribution in [2.45, 2.75) is 0 Å². The first kappa shape index (κ1) is 27.7. The molecule has 0 bridgehead atoms. The molecule has 0 aromatic rings. The third kappa shape index (κ3) is 8.91. The van der Waals surface area contributed by atoms with Crippen LogP contribution >= 0.6 is 0 Å². The third-order valence-corrected chi connectivity index (χ3v) is 0.